The molecule has 5 nitrogen and oxygen atoms in total. The molecule has 4 rings (SSSR count). The first kappa shape index (κ1) is 16.4. The van der Waals surface area contributed by atoms with Crippen molar-refractivity contribution in [2.75, 3.05) is 13.7 Å². The fourth-order valence-corrected chi connectivity index (χ4v) is 3.67. The molecule has 1 fully saturated rings. The van der Waals surface area contributed by atoms with Crippen molar-refractivity contribution in [3.05, 3.63) is 41.6 Å². The van der Waals surface area contributed by atoms with Crippen molar-refractivity contribution in [3.63, 3.8) is 0 Å². The van der Waals surface area contributed by atoms with E-state index in [1.807, 2.05) is 24.3 Å². The first-order valence-corrected chi connectivity index (χ1v) is 8.63. The molecule has 3 heterocycles. The Labute approximate surface area is 148 Å². The minimum absolute atomic E-state index is 0.133. The summed E-state index contributed by atoms with van der Waals surface area (Å²) < 4.78 is 16.9. The van der Waals surface area contributed by atoms with Gasteiger partial charge in [-0.2, -0.15) is 0 Å². The minimum atomic E-state index is -0.685. The van der Waals surface area contributed by atoms with E-state index in [1.165, 1.54) is 0 Å². The normalized spacial score (nSPS) is 21.1. The van der Waals surface area contributed by atoms with Gasteiger partial charge in [-0.3, -0.25) is 4.98 Å². The number of nitrogens with zero attached hydrogens (tertiary/aromatic N) is 1. The lowest BCUT2D eigenvalue weighted by Crippen LogP contribution is -2.24. The van der Waals surface area contributed by atoms with Crippen molar-refractivity contribution < 1.29 is 19.2 Å². The summed E-state index contributed by atoms with van der Waals surface area (Å²) in [6.45, 7) is 4.67. The average Bonchev–Trinajstić information content (AvgIpc) is 3.16. The molecular weight excluding hydrogens is 317 g/mol. The predicted molar refractivity (Wildman–Crippen MR) is 96.1 cm³/mol. The number of pyridine rings is 1. The zero-order valence-corrected chi connectivity index (χ0v) is 14.8. The van der Waals surface area contributed by atoms with E-state index in [2.05, 4.69) is 19.9 Å². The maximum atomic E-state index is 9.61. The smallest absolute Gasteiger partial charge is 0.454 e. The van der Waals surface area contributed by atoms with Gasteiger partial charge in [-0.15, -0.1) is 0 Å². The maximum Gasteiger partial charge on any atom is 0.454 e. The van der Waals surface area contributed by atoms with Crippen LogP contribution in [0.4, 0.5) is 0 Å². The summed E-state index contributed by atoms with van der Waals surface area (Å²) in [6.07, 6.45) is 1.40. The van der Waals surface area contributed by atoms with Crippen molar-refractivity contribution in [2.45, 2.75) is 38.1 Å². The standard InChI is InChI=1S/C19H22BNO4/c1-19(2)9-14-13(7-8-17(23-3)18(14)25-19)16-6-4-5-15(21-16)12-10-20(22)24-11-12/h4-8,12,22H,9-11H2,1-3H3. The van der Waals surface area contributed by atoms with Crippen LogP contribution in [0.3, 0.4) is 0 Å². The van der Waals surface area contributed by atoms with Gasteiger partial charge in [0.25, 0.3) is 0 Å². The monoisotopic (exact) mass is 339 g/mol. The van der Waals surface area contributed by atoms with Gasteiger partial charge < -0.3 is 19.2 Å². The number of hydrogen-bond acceptors (Lipinski definition) is 5. The van der Waals surface area contributed by atoms with E-state index in [1.54, 1.807) is 7.11 Å². The second-order valence-electron chi connectivity index (χ2n) is 7.33. The topological polar surface area (TPSA) is 60.8 Å². The molecule has 1 aromatic heterocycles. The number of fused-ring (bicyclic) bond motifs is 1. The average molecular weight is 339 g/mol. The van der Waals surface area contributed by atoms with E-state index in [0.717, 1.165) is 40.4 Å². The highest BCUT2D eigenvalue weighted by Crippen LogP contribution is 2.46. The molecule has 130 valence electrons. The van der Waals surface area contributed by atoms with Gasteiger partial charge in [0, 0.05) is 35.8 Å². The molecule has 1 aromatic carbocycles. The summed E-state index contributed by atoms with van der Waals surface area (Å²) in [5.74, 6) is 1.71. The number of methoxy groups -OCH3 is 1. The second kappa shape index (κ2) is 6.04. The molecule has 0 aliphatic carbocycles. The van der Waals surface area contributed by atoms with Crippen molar-refractivity contribution in [1.82, 2.24) is 4.98 Å². The minimum Gasteiger partial charge on any atom is -0.493 e. The second-order valence-corrected chi connectivity index (χ2v) is 7.33. The molecule has 25 heavy (non-hydrogen) atoms. The van der Waals surface area contributed by atoms with Crippen LogP contribution in [-0.4, -0.2) is 36.4 Å². The van der Waals surface area contributed by atoms with E-state index >= 15 is 0 Å². The molecule has 0 bridgehead atoms. The van der Waals surface area contributed by atoms with E-state index < -0.39 is 7.12 Å². The fraction of sp³-hybridized carbons (Fsp3) is 0.421. The Morgan fingerprint density at radius 3 is 2.84 bits per heavy atom. The van der Waals surface area contributed by atoms with Gasteiger partial charge >= 0.3 is 7.12 Å². The number of aromatic nitrogens is 1. The number of hydrogen-bond donors (Lipinski definition) is 1. The highest BCUT2D eigenvalue weighted by atomic mass is 16.5. The largest absolute Gasteiger partial charge is 0.493 e. The van der Waals surface area contributed by atoms with Crippen molar-refractivity contribution in [3.8, 4) is 22.8 Å². The van der Waals surface area contributed by atoms with Gasteiger partial charge in [-0.25, -0.2) is 0 Å². The third-order valence-corrected chi connectivity index (χ3v) is 4.87. The van der Waals surface area contributed by atoms with Gasteiger partial charge in [-0.05, 0) is 44.4 Å². The number of rotatable bonds is 3. The lowest BCUT2D eigenvalue weighted by Gasteiger charge is -2.17. The molecule has 6 heteroatoms. The van der Waals surface area contributed by atoms with Gasteiger partial charge in [-0.1, -0.05) is 6.07 Å². The maximum absolute atomic E-state index is 9.61. The van der Waals surface area contributed by atoms with Crippen LogP contribution in [0.25, 0.3) is 11.3 Å². The Bertz CT molecular complexity index is 808. The van der Waals surface area contributed by atoms with Crippen molar-refractivity contribution in [1.29, 1.82) is 0 Å². The van der Waals surface area contributed by atoms with Gasteiger partial charge in [0.2, 0.25) is 0 Å². The summed E-state index contributed by atoms with van der Waals surface area (Å²) in [4.78, 5) is 4.85. The quantitative estimate of drug-likeness (QED) is 0.871. The molecule has 0 spiro atoms. The number of benzene rings is 1. The van der Waals surface area contributed by atoms with Crippen LogP contribution in [0, 0.1) is 0 Å². The Morgan fingerprint density at radius 1 is 1.28 bits per heavy atom. The lowest BCUT2D eigenvalue weighted by molar-refractivity contribution is 0.134. The van der Waals surface area contributed by atoms with E-state index in [-0.39, 0.29) is 11.5 Å². The molecule has 1 atom stereocenters. The first-order valence-electron chi connectivity index (χ1n) is 8.63. The molecular formula is C19H22BNO4. The van der Waals surface area contributed by atoms with Crippen LogP contribution in [0.15, 0.2) is 30.3 Å². The van der Waals surface area contributed by atoms with E-state index in [4.69, 9.17) is 19.1 Å². The van der Waals surface area contributed by atoms with E-state index in [0.29, 0.717) is 12.9 Å². The third-order valence-electron chi connectivity index (χ3n) is 4.87. The Balaban J connectivity index is 1.75. The summed E-state index contributed by atoms with van der Waals surface area (Å²) in [7, 11) is 0.976. The molecule has 0 saturated carbocycles. The van der Waals surface area contributed by atoms with Crippen molar-refractivity contribution in [2.24, 2.45) is 0 Å². The van der Waals surface area contributed by atoms with Crippen LogP contribution >= 0.6 is 0 Å². The summed E-state index contributed by atoms with van der Waals surface area (Å²) in [6, 6.07) is 10.0. The molecule has 2 aliphatic heterocycles. The molecule has 0 amide bonds. The SMILES string of the molecule is COc1ccc(-c2cccc(C3COB(O)C3)n2)c2c1OC(C)(C)C2. The molecule has 2 aromatic rings. The van der Waals surface area contributed by atoms with Gasteiger partial charge in [0.05, 0.1) is 12.8 Å². The zero-order valence-electron chi connectivity index (χ0n) is 14.8. The highest BCUT2D eigenvalue weighted by Gasteiger charge is 2.35. The summed E-state index contributed by atoms with van der Waals surface area (Å²) >= 11 is 0. The van der Waals surface area contributed by atoms with Crippen LogP contribution < -0.4 is 9.47 Å². The van der Waals surface area contributed by atoms with Crippen LogP contribution in [0.1, 0.15) is 31.0 Å². The van der Waals surface area contributed by atoms with Crippen molar-refractivity contribution >= 4 is 7.12 Å². The summed E-state index contributed by atoms with van der Waals surface area (Å²) in [5.41, 5.74) is 3.82. The van der Waals surface area contributed by atoms with Crippen LogP contribution in [0.2, 0.25) is 6.32 Å². The molecule has 2 aliphatic rings. The first-order chi connectivity index (χ1) is 12.0. The predicted octanol–water partition coefficient (Wildman–Crippen LogP) is 3.07. The zero-order chi connectivity index (χ0) is 17.6. The molecule has 1 N–H and O–H groups in total. The number of ether oxygens (including phenoxy) is 2. The molecule has 0 radical (unpaired) electrons. The highest BCUT2D eigenvalue weighted by molar-refractivity contribution is 6.43. The molecule has 1 unspecified atom stereocenters. The third kappa shape index (κ3) is 3.00. The fourth-order valence-electron chi connectivity index (χ4n) is 3.67. The Hall–Kier alpha value is -2.05. The van der Waals surface area contributed by atoms with Crippen LogP contribution in [0.5, 0.6) is 11.5 Å². The lowest BCUT2D eigenvalue weighted by atomic mass is 9.81. The van der Waals surface area contributed by atoms with E-state index in [9.17, 15) is 5.02 Å². The molecule has 1 saturated heterocycles. The Kier molecular flexibility index (Phi) is 3.97. The Morgan fingerprint density at radius 2 is 2.12 bits per heavy atom. The van der Waals surface area contributed by atoms with Crippen LogP contribution in [-0.2, 0) is 11.1 Å². The van der Waals surface area contributed by atoms with Gasteiger partial charge in [0.1, 0.15) is 5.60 Å². The van der Waals surface area contributed by atoms with Gasteiger partial charge in [0.15, 0.2) is 11.5 Å². The summed E-state index contributed by atoms with van der Waals surface area (Å²) in [5, 5.41) is 9.61.